The molecule has 0 aromatic heterocycles. The van der Waals surface area contributed by atoms with Gasteiger partial charge in [0.1, 0.15) is 6.04 Å². The summed E-state index contributed by atoms with van der Waals surface area (Å²) in [6, 6.07) is 0.995. The second kappa shape index (κ2) is 3.46. The smallest absolute Gasteiger partial charge is 0.325 e. The number of nitrogens with zero attached hydrogens (tertiary/aromatic N) is 1. The number of ether oxygens (including phenoxy) is 2. The number of carbonyl (C=O) groups is 1. The second-order valence-corrected chi connectivity index (χ2v) is 4.66. The van der Waals surface area contributed by atoms with Gasteiger partial charge in [0.2, 0.25) is 0 Å². The zero-order valence-corrected chi connectivity index (χ0v) is 9.02. The van der Waals surface area contributed by atoms with Gasteiger partial charge in [-0.1, -0.05) is 0 Å². The Balaban J connectivity index is 1.63. The van der Waals surface area contributed by atoms with Crippen LogP contribution in [0.4, 0.5) is 0 Å². The van der Waals surface area contributed by atoms with Crippen LogP contribution < -0.4 is 0 Å². The Labute approximate surface area is 89.5 Å². The molecule has 3 rings (SSSR count). The molecule has 1 unspecified atom stereocenters. The molecule has 0 amide bonds. The third-order valence-electron chi connectivity index (χ3n) is 3.57. The number of hydrogen-bond acceptors (Lipinski definition) is 4. The first kappa shape index (κ1) is 9.60. The Morgan fingerprint density at radius 3 is 2.67 bits per heavy atom. The summed E-state index contributed by atoms with van der Waals surface area (Å²) in [6.45, 7) is 3.93. The molecular formula is C11H17NO3. The molecule has 3 aliphatic rings. The maximum atomic E-state index is 11.7. The van der Waals surface area contributed by atoms with Crippen molar-refractivity contribution in [1.82, 2.24) is 4.90 Å². The standard InChI is InChI=1S/C11H17NO3/c1-2-15-11(13)10-9(7-3-4-7)12(10)8-5-14-6-8/h7-10H,2-6H2,1H3/t9-,10-,12?/m1/s1. The van der Waals surface area contributed by atoms with Crippen LogP contribution in [0.2, 0.25) is 0 Å². The van der Waals surface area contributed by atoms with E-state index >= 15 is 0 Å². The molecule has 0 radical (unpaired) electrons. The van der Waals surface area contributed by atoms with Gasteiger partial charge in [0.05, 0.1) is 25.9 Å². The van der Waals surface area contributed by atoms with E-state index in [9.17, 15) is 4.79 Å². The van der Waals surface area contributed by atoms with E-state index in [1.165, 1.54) is 12.8 Å². The van der Waals surface area contributed by atoms with Crippen molar-refractivity contribution in [2.24, 2.45) is 5.92 Å². The molecule has 0 N–H and O–H groups in total. The van der Waals surface area contributed by atoms with Crippen LogP contribution in [-0.2, 0) is 14.3 Å². The van der Waals surface area contributed by atoms with Crippen LogP contribution in [0.5, 0.6) is 0 Å². The highest BCUT2D eigenvalue weighted by Crippen LogP contribution is 2.49. The zero-order chi connectivity index (χ0) is 10.4. The Hall–Kier alpha value is -0.610. The van der Waals surface area contributed by atoms with Gasteiger partial charge in [-0.3, -0.25) is 9.69 Å². The van der Waals surface area contributed by atoms with Crippen molar-refractivity contribution in [3.63, 3.8) is 0 Å². The van der Waals surface area contributed by atoms with Gasteiger partial charge >= 0.3 is 5.97 Å². The minimum atomic E-state index is -0.0266. The molecule has 15 heavy (non-hydrogen) atoms. The normalized spacial score (nSPS) is 39.7. The molecule has 0 bridgehead atoms. The van der Waals surface area contributed by atoms with Gasteiger partial charge in [0.25, 0.3) is 0 Å². The highest BCUT2D eigenvalue weighted by atomic mass is 16.5. The van der Waals surface area contributed by atoms with E-state index < -0.39 is 0 Å². The fourth-order valence-corrected chi connectivity index (χ4v) is 2.56. The van der Waals surface area contributed by atoms with E-state index in [0.717, 1.165) is 19.1 Å². The number of hydrogen-bond donors (Lipinski definition) is 0. The van der Waals surface area contributed by atoms with Gasteiger partial charge in [-0.05, 0) is 25.7 Å². The molecule has 1 aliphatic carbocycles. The summed E-state index contributed by atoms with van der Waals surface area (Å²) >= 11 is 0. The first-order valence-electron chi connectivity index (χ1n) is 5.84. The lowest BCUT2D eigenvalue weighted by Gasteiger charge is -2.28. The van der Waals surface area contributed by atoms with Gasteiger partial charge in [0.15, 0.2) is 0 Å². The van der Waals surface area contributed by atoms with Crippen LogP contribution in [0.15, 0.2) is 0 Å². The minimum Gasteiger partial charge on any atom is -0.465 e. The van der Waals surface area contributed by atoms with E-state index in [0.29, 0.717) is 18.7 Å². The van der Waals surface area contributed by atoms with E-state index in [1.807, 2.05) is 6.92 Å². The molecule has 1 saturated carbocycles. The predicted octanol–water partition coefficient (Wildman–Crippen LogP) is 0.411. The monoisotopic (exact) mass is 211 g/mol. The summed E-state index contributed by atoms with van der Waals surface area (Å²) in [5.74, 6) is 0.723. The van der Waals surface area contributed by atoms with Crippen LogP contribution in [0.25, 0.3) is 0 Å². The number of rotatable bonds is 4. The Morgan fingerprint density at radius 2 is 2.20 bits per heavy atom. The predicted molar refractivity (Wildman–Crippen MR) is 53.4 cm³/mol. The van der Waals surface area contributed by atoms with Crippen molar-refractivity contribution < 1.29 is 14.3 Å². The summed E-state index contributed by atoms with van der Waals surface area (Å²) in [7, 11) is 0. The molecular weight excluding hydrogens is 194 g/mol. The molecule has 0 spiro atoms. The first-order chi connectivity index (χ1) is 7.33. The van der Waals surface area contributed by atoms with E-state index in [2.05, 4.69) is 4.90 Å². The first-order valence-corrected chi connectivity index (χ1v) is 5.84. The summed E-state index contributed by atoms with van der Waals surface area (Å²) in [4.78, 5) is 14.0. The Bertz CT molecular complexity index is 273. The molecule has 4 nitrogen and oxygen atoms in total. The lowest BCUT2D eigenvalue weighted by Crippen LogP contribution is -2.42. The van der Waals surface area contributed by atoms with Gasteiger partial charge in [-0.2, -0.15) is 0 Å². The van der Waals surface area contributed by atoms with Crippen molar-refractivity contribution in [3.05, 3.63) is 0 Å². The summed E-state index contributed by atoms with van der Waals surface area (Å²) in [5.41, 5.74) is 0. The quantitative estimate of drug-likeness (QED) is 0.499. The SMILES string of the molecule is CCOC(=O)[C@H]1[C@@H](C2CC2)N1C1COC1. The van der Waals surface area contributed by atoms with Gasteiger partial charge < -0.3 is 9.47 Å². The molecule has 3 atom stereocenters. The highest BCUT2D eigenvalue weighted by Gasteiger charge is 2.62. The molecule has 2 saturated heterocycles. The van der Waals surface area contributed by atoms with Crippen LogP contribution in [0.1, 0.15) is 19.8 Å². The van der Waals surface area contributed by atoms with Crippen LogP contribution >= 0.6 is 0 Å². The lowest BCUT2D eigenvalue weighted by molar-refractivity contribution is -0.144. The molecule has 0 aromatic carbocycles. The molecule has 3 fully saturated rings. The summed E-state index contributed by atoms with van der Waals surface area (Å²) in [6.07, 6.45) is 2.56. The third-order valence-corrected chi connectivity index (χ3v) is 3.57. The van der Waals surface area contributed by atoms with Crippen molar-refractivity contribution in [1.29, 1.82) is 0 Å². The van der Waals surface area contributed by atoms with Gasteiger partial charge in [-0.15, -0.1) is 0 Å². The molecule has 4 heteroatoms. The summed E-state index contributed by atoms with van der Waals surface area (Å²) < 4.78 is 10.3. The maximum absolute atomic E-state index is 11.7. The van der Waals surface area contributed by atoms with Crippen LogP contribution in [0, 0.1) is 5.92 Å². The molecule has 0 aromatic rings. The fraction of sp³-hybridized carbons (Fsp3) is 0.909. The Kier molecular flexibility index (Phi) is 2.21. The Morgan fingerprint density at radius 1 is 1.47 bits per heavy atom. The highest BCUT2D eigenvalue weighted by molar-refractivity contribution is 5.80. The van der Waals surface area contributed by atoms with Crippen molar-refractivity contribution >= 4 is 5.97 Å². The lowest BCUT2D eigenvalue weighted by atomic mass is 10.2. The number of carbonyl (C=O) groups excluding carboxylic acids is 1. The van der Waals surface area contributed by atoms with E-state index in [-0.39, 0.29) is 12.0 Å². The second-order valence-electron chi connectivity index (χ2n) is 4.66. The third kappa shape index (κ3) is 1.56. The fourth-order valence-electron chi connectivity index (χ4n) is 2.56. The number of esters is 1. The van der Waals surface area contributed by atoms with Crippen molar-refractivity contribution in [3.8, 4) is 0 Å². The van der Waals surface area contributed by atoms with E-state index in [4.69, 9.17) is 9.47 Å². The van der Waals surface area contributed by atoms with Gasteiger partial charge in [-0.25, -0.2) is 0 Å². The van der Waals surface area contributed by atoms with E-state index in [1.54, 1.807) is 0 Å². The van der Waals surface area contributed by atoms with Crippen molar-refractivity contribution in [2.75, 3.05) is 19.8 Å². The van der Waals surface area contributed by atoms with Crippen molar-refractivity contribution in [2.45, 2.75) is 37.9 Å². The molecule has 2 heterocycles. The topological polar surface area (TPSA) is 38.5 Å². The van der Waals surface area contributed by atoms with Crippen LogP contribution in [0.3, 0.4) is 0 Å². The zero-order valence-electron chi connectivity index (χ0n) is 9.02. The van der Waals surface area contributed by atoms with Gasteiger partial charge in [0, 0.05) is 6.04 Å². The minimum absolute atomic E-state index is 0.0266. The summed E-state index contributed by atoms with van der Waals surface area (Å²) in [5, 5.41) is 0. The molecule has 2 aliphatic heterocycles. The molecule has 84 valence electrons. The largest absolute Gasteiger partial charge is 0.465 e. The maximum Gasteiger partial charge on any atom is 0.325 e. The van der Waals surface area contributed by atoms with Crippen LogP contribution in [-0.4, -0.2) is 48.8 Å². The average Bonchev–Trinajstić information content (AvgIpc) is 2.93. The average molecular weight is 211 g/mol.